The first-order valence-electron chi connectivity index (χ1n) is 8.84. The van der Waals surface area contributed by atoms with E-state index in [4.69, 9.17) is 0 Å². The fourth-order valence-corrected chi connectivity index (χ4v) is 3.81. The molecule has 1 aliphatic carbocycles. The molecule has 1 nitrogen and oxygen atoms in total. The molecule has 0 bridgehead atoms. The third-order valence-electron chi connectivity index (χ3n) is 5.02. The normalized spacial score (nSPS) is 29.7. The molecule has 0 aromatic rings. The van der Waals surface area contributed by atoms with Crippen LogP contribution in [0.15, 0.2) is 0 Å². The molecule has 1 fully saturated rings. The number of unbranched alkanes of at least 4 members (excludes halogenated alkanes) is 1. The molecule has 0 aromatic carbocycles. The van der Waals surface area contributed by atoms with E-state index in [1.165, 1.54) is 51.4 Å². The van der Waals surface area contributed by atoms with Gasteiger partial charge in [0.15, 0.2) is 0 Å². The molecule has 1 saturated carbocycles. The Balaban J connectivity index is 2.56. The lowest BCUT2D eigenvalue weighted by atomic mass is 9.73. The van der Waals surface area contributed by atoms with Crippen molar-refractivity contribution < 1.29 is 0 Å². The van der Waals surface area contributed by atoms with Crippen LogP contribution in [0.1, 0.15) is 86.0 Å². The second kappa shape index (κ2) is 9.00. The summed E-state index contributed by atoms with van der Waals surface area (Å²) in [6.07, 6.45) is 11.0. The van der Waals surface area contributed by atoms with Crippen LogP contribution in [0.5, 0.6) is 0 Å². The van der Waals surface area contributed by atoms with E-state index >= 15 is 0 Å². The minimum Gasteiger partial charge on any atom is -0.311 e. The van der Waals surface area contributed by atoms with Crippen LogP contribution >= 0.6 is 0 Å². The summed E-state index contributed by atoms with van der Waals surface area (Å²) in [5.74, 6) is 2.65. The van der Waals surface area contributed by atoms with Gasteiger partial charge in [-0.3, -0.25) is 0 Å². The van der Waals surface area contributed by atoms with Gasteiger partial charge in [0.25, 0.3) is 0 Å². The monoisotopic (exact) mass is 267 g/mol. The van der Waals surface area contributed by atoms with Crippen molar-refractivity contribution in [2.75, 3.05) is 0 Å². The van der Waals surface area contributed by atoms with Crippen LogP contribution in [0, 0.1) is 17.8 Å². The summed E-state index contributed by atoms with van der Waals surface area (Å²) in [4.78, 5) is 0. The Morgan fingerprint density at radius 2 is 1.79 bits per heavy atom. The smallest absolute Gasteiger partial charge is 0.0103 e. The second-order valence-electron chi connectivity index (χ2n) is 7.23. The first kappa shape index (κ1) is 17.0. The minimum atomic E-state index is 0.765. The van der Waals surface area contributed by atoms with Crippen molar-refractivity contribution in [1.82, 2.24) is 5.32 Å². The lowest BCUT2D eigenvalue weighted by molar-refractivity contribution is 0.154. The van der Waals surface area contributed by atoms with Gasteiger partial charge in [-0.05, 0) is 43.4 Å². The number of nitrogens with one attached hydrogen (secondary N) is 1. The third kappa shape index (κ3) is 5.85. The largest absolute Gasteiger partial charge is 0.311 e. The number of hydrogen-bond acceptors (Lipinski definition) is 1. The van der Waals surface area contributed by atoms with E-state index < -0.39 is 0 Å². The maximum atomic E-state index is 4.05. The Bertz CT molecular complexity index is 224. The van der Waals surface area contributed by atoms with Gasteiger partial charge in [-0.1, -0.05) is 60.3 Å². The van der Waals surface area contributed by atoms with Gasteiger partial charge in [-0.2, -0.15) is 0 Å². The Labute approximate surface area is 121 Å². The fourth-order valence-electron chi connectivity index (χ4n) is 3.81. The summed E-state index contributed by atoms with van der Waals surface area (Å²) in [5, 5.41) is 4.05. The van der Waals surface area contributed by atoms with Crippen molar-refractivity contribution in [3.8, 4) is 0 Å². The molecule has 114 valence electrons. The molecular weight excluding hydrogens is 230 g/mol. The maximum Gasteiger partial charge on any atom is 0.0103 e. The van der Waals surface area contributed by atoms with E-state index in [2.05, 4.69) is 39.9 Å². The summed E-state index contributed by atoms with van der Waals surface area (Å²) in [6.45, 7) is 11.9. The minimum absolute atomic E-state index is 0.765. The molecule has 4 unspecified atom stereocenters. The van der Waals surface area contributed by atoms with Crippen LogP contribution in [-0.2, 0) is 0 Å². The van der Waals surface area contributed by atoms with Gasteiger partial charge in [0.05, 0.1) is 0 Å². The zero-order valence-electron chi connectivity index (χ0n) is 14.0. The molecule has 1 aliphatic rings. The SMILES string of the molecule is CCCCC(CCC)NC1CC(C)CCC1C(C)C. The van der Waals surface area contributed by atoms with Gasteiger partial charge >= 0.3 is 0 Å². The van der Waals surface area contributed by atoms with Crippen molar-refractivity contribution in [2.24, 2.45) is 17.8 Å². The Kier molecular flexibility index (Phi) is 8.06. The van der Waals surface area contributed by atoms with Crippen LogP contribution in [0.3, 0.4) is 0 Å². The number of rotatable bonds is 8. The van der Waals surface area contributed by atoms with Gasteiger partial charge in [-0.25, -0.2) is 0 Å². The highest BCUT2D eigenvalue weighted by atomic mass is 15.0. The quantitative estimate of drug-likeness (QED) is 0.621. The molecule has 0 amide bonds. The average Bonchev–Trinajstić information content (AvgIpc) is 2.36. The van der Waals surface area contributed by atoms with Crippen molar-refractivity contribution in [1.29, 1.82) is 0 Å². The fraction of sp³-hybridized carbons (Fsp3) is 1.00. The summed E-state index contributed by atoms with van der Waals surface area (Å²) in [6, 6.07) is 1.54. The highest BCUT2D eigenvalue weighted by molar-refractivity contribution is 4.87. The van der Waals surface area contributed by atoms with E-state index in [1.807, 2.05) is 0 Å². The summed E-state index contributed by atoms with van der Waals surface area (Å²) in [5.41, 5.74) is 0. The van der Waals surface area contributed by atoms with Crippen molar-refractivity contribution in [3.05, 3.63) is 0 Å². The van der Waals surface area contributed by atoms with Crippen LogP contribution in [-0.4, -0.2) is 12.1 Å². The molecule has 1 rings (SSSR count). The molecule has 0 radical (unpaired) electrons. The van der Waals surface area contributed by atoms with Crippen LogP contribution in [0.2, 0.25) is 0 Å². The van der Waals surface area contributed by atoms with Gasteiger partial charge in [-0.15, -0.1) is 0 Å². The average molecular weight is 268 g/mol. The molecule has 0 heterocycles. The summed E-state index contributed by atoms with van der Waals surface area (Å²) < 4.78 is 0. The Hall–Kier alpha value is -0.0400. The molecule has 4 atom stereocenters. The van der Waals surface area contributed by atoms with E-state index in [9.17, 15) is 0 Å². The highest BCUT2D eigenvalue weighted by Gasteiger charge is 2.31. The standard InChI is InChI=1S/C18H37N/c1-6-8-10-16(9-7-2)19-18-13-15(5)11-12-17(18)14(3)4/h14-19H,6-13H2,1-5H3. The molecule has 0 spiro atoms. The predicted molar refractivity (Wildman–Crippen MR) is 86.5 cm³/mol. The Morgan fingerprint density at radius 1 is 1.05 bits per heavy atom. The molecule has 19 heavy (non-hydrogen) atoms. The molecule has 0 aromatic heterocycles. The van der Waals surface area contributed by atoms with E-state index in [1.54, 1.807) is 0 Å². The van der Waals surface area contributed by atoms with E-state index in [0.717, 1.165) is 29.8 Å². The van der Waals surface area contributed by atoms with Crippen LogP contribution in [0.25, 0.3) is 0 Å². The predicted octanol–water partition coefficient (Wildman–Crippen LogP) is 5.40. The summed E-state index contributed by atoms with van der Waals surface area (Å²) >= 11 is 0. The second-order valence-corrected chi connectivity index (χ2v) is 7.23. The third-order valence-corrected chi connectivity index (χ3v) is 5.02. The van der Waals surface area contributed by atoms with Crippen molar-refractivity contribution >= 4 is 0 Å². The van der Waals surface area contributed by atoms with Crippen molar-refractivity contribution in [2.45, 2.75) is 98.1 Å². The van der Waals surface area contributed by atoms with Crippen molar-refractivity contribution in [3.63, 3.8) is 0 Å². The first-order valence-corrected chi connectivity index (χ1v) is 8.84. The van der Waals surface area contributed by atoms with Crippen LogP contribution < -0.4 is 5.32 Å². The highest BCUT2D eigenvalue weighted by Crippen LogP contribution is 2.34. The number of hydrogen-bond donors (Lipinski definition) is 1. The zero-order chi connectivity index (χ0) is 14.3. The van der Waals surface area contributed by atoms with Gasteiger partial charge in [0, 0.05) is 12.1 Å². The Morgan fingerprint density at radius 3 is 2.37 bits per heavy atom. The van der Waals surface area contributed by atoms with E-state index in [0.29, 0.717) is 0 Å². The maximum absolute atomic E-state index is 4.05. The molecular formula is C18H37N. The van der Waals surface area contributed by atoms with Gasteiger partial charge in [0.2, 0.25) is 0 Å². The zero-order valence-corrected chi connectivity index (χ0v) is 14.0. The topological polar surface area (TPSA) is 12.0 Å². The van der Waals surface area contributed by atoms with E-state index in [-0.39, 0.29) is 0 Å². The van der Waals surface area contributed by atoms with Gasteiger partial charge < -0.3 is 5.32 Å². The lowest BCUT2D eigenvalue weighted by Crippen LogP contribution is -2.47. The molecule has 0 aliphatic heterocycles. The summed E-state index contributed by atoms with van der Waals surface area (Å²) in [7, 11) is 0. The molecule has 0 saturated heterocycles. The van der Waals surface area contributed by atoms with Crippen LogP contribution in [0.4, 0.5) is 0 Å². The first-order chi connectivity index (χ1) is 9.08. The lowest BCUT2D eigenvalue weighted by Gasteiger charge is -2.40. The molecule has 1 N–H and O–H groups in total. The molecule has 1 heteroatoms. The van der Waals surface area contributed by atoms with Gasteiger partial charge in [0.1, 0.15) is 0 Å².